The second-order valence-corrected chi connectivity index (χ2v) is 7.55. The number of carbonyl (C=O) groups is 1. The number of rotatable bonds is 4. The average molecular weight is 376 g/mol. The lowest BCUT2D eigenvalue weighted by atomic mass is 10.2. The highest BCUT2D eigenvalue weighted by atomic mass is 32.1. The maximum atomic E-state index is 12.2. The zero-order chi connectivity index (χ0) is 18.1. The summed E-state index contributed by atoms with van der Waals surface area (Å²) >= 11 is 2.74. The van der Waals surface area contributed by atoms with Gasteiger partial charge >= 0.3 is 0 Å². The molecular weight excluding hydrogens is 360 g/mol. The molecular formula is C15H16N6O2S2. The van der Waals surface area contributed by atoms with Crippen LogP contribution < -0.4 is 16.7 Å². The number of hydrogen-bond acceptors (Lipinski definition) is 8. The van der Waals surface area contributed by atoms with E-state index in [9.17, 15) is 9.59 Å². The first-order valence-electron chi connectivity index (χ1n) is 7.38. The summed E-state index contributed by atoms with van der Waals surface area (Å²) in [5, 5.41) is 6.78. The Hall–Kier alpha value is -2.59. The minimum absolute atomic E-state index is 0.0723. The van der Waals surface area contributed by atoms with E-state index in [4.69, 9.17) is 5.73 Å². The normalized spacial score (nSPS) is 11.9. The lowest BCUT2D eigenvalue weighted by Gasteiger charge is -2.02. The number of aromatic amines is 1. The van der Waals surface area contributed by atoms with Crippen molar-refractivity contribution in [3.8, 4) is 0 Å². The maximum absolute atomic E-state index is 12.2. The van der Waals surface area contributed by atoms with Crippen molar-refractivity contribution < 1.29 is 4.79 Å². The molecule has 4 N–H and O–H groups in total. The highest BCUT2D eigenvalue weighted by Crippen LogP contribution is 2.25. The van der Waals surface area contributed by atoms with Crippen molar-refractivity contribution in [1.82, 2.24) is 20.4 Å². The van der Waals surface area contributed by atoms with Crippen LogP contribution in [0.15, 0.2) is 15.3 Å². The van der Waals surface area contributed by atoms with Gasteiger partial charge < -0.3 is 10.7 Å². The van der Waals surface area contributed by atoms with Gasteiger partial charge in [0.25, 0.3) is 5.56 Å². The number of fused-ring (bicyclic) bond motifs is 1. The molecule has 0 bridgehead atoms. The molecule has 130 valence electrons. The number of carbonyl (C=O) groups excluding carboxylic acids is 1. The van der Waals surface area contributed by atoms with E-state index in [0.29, 0.717) is 32.6 Å². The van der Waals surface area contributed by atoms with Gasteiger partial charge in [-0.2, -0.15) is 5.10 Å². The topological polar surface area (TPSA) is 126 Å². The van der Waals surface area contributed by atoms with E-state index in [1.54, 1.807) is 12.3 Å². The summed E-state index contributed by atoms with van der Waals surface area (Å²) in [6.45, 7) is 5.55. The van der Waals surface area contributed by atoms with Gasteiger partial charge in [-0.15, -0.1) is 22.7 Å². The Morgan fingerprint density at radius 3 is 2.84 bits per heavy atom. The first kappa shape index (κ1) is 17.2. The Labute approximate surface area is 150 Å². The number of nitrogens with two attached hydrogens (primary N) is 1. The molecule has 25 heavy (non-hydrogen) atoms. The standard InChI is InChI=1S/C15H16N6O2S2/c1-6-8(3)25-14-12(6)13(23)18-10(19-14)4-11(22)21-20-7(2)9-5-24-15(16)17-9/h5H,4H2,1-3H3,(H2,16,17)(H,21,22)(H,18,19,23)/b20-7+. The summed E-state index contributed by atoms with van der Waals surface area (Å²) in [5.41, 5.74) is 9.86. The average Bonchev–Trinajstić information content (AvgIpc) is 3.09. The molecule has 8 nitrogen and oxygen atoms in total. The summed E-state index contributed by atoms with van der Waals surface area (Å²) in [5.74, 6) is -0.0722. The van der Waals surface area contributed by atoms with E-state index in [2.05, 4.69) is 25.5 Å². The molecule has 10 heteroatoms. The zero-order valence-electron chi connectivity index (χ0n) is 13.8. The minimum atomic E-state index is -0.380. The Balaban J connectivity index is 1.75. The zero-order valence-corrected chi connectivity index (χ0v) is 15.5. The van der Waals surface area contributed by atoms with Gasteiger partial charge in [-0.25, -0.2) is 15.4 Å². The Morgan fingerprint density at radius 1 is 1.40 bits per heavy atom. The van der Waals surface area contributed by atoms with Crippen LogP contribution in [0.3, 0.4) is 0 Å². The number of nitrogens with one attached hydrogen (secondary N) is 2. The molecule has 0 fully saturated rings. The van der Waals surface area contributed by atoms with Gasteiger partial charge in [-0.05, 0) is 26.3 Å². The number of amides is 1. The second-order valence-electron chi connectivity index (χ2n) is 5.46. The van der Waals surface area contributed by atoms with Crippen molar-refractivity contribution in [3.05, 3.63) is 37.7 Å². The number of H-pyrrole nitrogens is 1. The highest BCUT2D eigenvalue weighted by molar-refractivity contribution is 7.18. The number of nitrogen functional groups attached to an aromatic ring is 1. The van der Waals surface area contributed by atoms with Crippen LogP contribution in [-0.2, 0) is 11.2 Å². The molecule has 0 aliphatic carbocycles. The fourth-order valence-electron chi connectivity index (χ4n) is 2.23. The summed E-state index contributed by atoms with van der Waals surface area (Å²) < 4.78 is 0. The number of aryl methyl sites for hydroxylation is 2. The fraction of sp³-hybridized carbons (Fsp3) is 0.267. The monoisotopic (exact) mass is 376 g/mol. The molecule has 0 unspecified atom stereocenters. The highest BCUT2D eigenvalue weighted by Gasteiger charge is 2.13. The molecule has 0 saturated heterocycles. The number of hydrogen-bond donors (Lipinski definition) is 3. The molecule has 0 spiro atoms. The number of nitrogens with zero attached hydrogens (tertiary/aromatic N) is 3. The SMILES string of the molecule is C/C(=N\NC(=O)Cc1nc2sc(C)c(C)c2c(=O)[nH]1)c1csc(N)n1. The largest absolute Gasteiger partial charge is 0.375 e. The van der Waals surface area contributed by atoms with Crippen LogP contribution in [0.5, 0.6) is 0 Å². The Morgan fingerprint density at radius 2 is 2.16 bits per heavy atom. The number of thiazole rings is 1. The van der Waals surface area contributed by atoms with E-state index in [1.807, 2.05) is 13.8 Å². The van der Waals surface area contributed by atoms with Crippen LogP contribution in [0.25, 0.3) is 10.2 Å². The molecule has 0 aliphatic rings. The van der Waals surface area contributed by atoms with E-state index in [0.717, 1.165) is 10.4 Å². The van der Waals surface area contributed by atoms with Crippen molar-refractivity contribution in [3.63, 3.8) is 0 Å². The fourth-order valence-corrected chi connectivity index (χ4v) is 3.89. The summed E-state index contributed by atoms with van der Waals surface area (Å²) in [6, 6.07) is 0. The van der Waals surface area contributed by atoms with Crippen LogP contribution in [0.2, 0.25) is 0 Å². The Kier molecular flexibility index (Phi) is 4.64. The van der Waals surface area contributed by atoms with Gasteiger partial charge in [0.15, 0.2) is 5.13 Å². The quantitative estimate of drug-likeness (QED) is 0.472. The van der Waals surface area contributed by atoms with E-state index >= 15 is 0 Å². The lowest BCUT2D eigenvalue weighted by molar-refractivity contribution is -0.120. The molecule has 0 atom stereocenters. The van der Waals surface area contributed by atoms with Gasteiger partial charge in [0, 0.05) is 10.3 Å². The van der Waals surface area contributed by atoms with Gasteiger partial charge in [0.05, 0.1) is 23.2 Å². The number of thiophene rings is 1. The molecule has 3 heterocycles. The molecule has 0 aromatic carbocycles. The molecule has 0 aliphatic heterocycles. The van der Waals surface area contributed by atoms with Crippen LogP contribution in [0.4, 0.5) is 5.13 Å². The van der Waals surface area contributed by atoms with Crippen molar-refractivity contribution >= 4 is 49.6 Å². The summed E-state index contributed by atoms with van der Waals surface area (Å²) in [6.07, 6.45) is -0.0723. The summed E-state index contributed by atoms with van der Waals surface area (Å²) in [7, 11) is 0. The minimum Gasteiger partial charge on any atom is -0.375 e. The molecule has 3 rings (SSSR count). The third-order valence-corrected chi connectivity index (χ3v) is 5.43. The molecule has 0 saturated carbocycles. The first-order valence-corrected chi connectivity index (χ1v) is 9.08. The van der Waals surface area contributed by atoms with Crippen LogP contribution >= 0.6 is 22.7 Å². The number of anilines is 1. The van der Waals surface area contributed by atoms with Crippen LogP contribution in [0.1, 0.15) is 28.9 Å². The smallest absolute Gasteiger partial charge is 0.259 e. The van der Waals surface area contributed by atoms with Gasteiger partial charge in [-0.3, -0.25) is 9.59 Å². The van der Waals surface area contributed by atoms with Crippen molar-refractivity contribution in [1.29, 1.82) is 0 Å². The molecule has 3 aromatic heterocycles. The molecule has 3 aromatic rings. The van der Waals surface area contributed by atoms with Gasteiger partial charge in [0.1, 0.15) is 10.7 Å². The lowest BCUT2D eigenvalue weighted by Crippen LogP contribution is -2.24. The van der Waals surface area contributed by atoms with Crippen LogP contribution in [-0.4, -0.2) is 26.6 Å². The van der Waals surface area contributed by atoms with Crippen LogP contribution in [0, 0.1) is 13.8 Å². The van der Waals surface area contributed by atoms with Crippen molar-refractivity contribution in [2.45, 2.75) is 27.2 Å². The predicted octanol–water partition coefficient (Wildman–Crippen LogP) is 1.72. The van der Waals surface area contributed by atoms with E-state index in [1.165, 1.54) is 22.7 Å². The molecule has 1 amide bonds. The summed E-state index contributed by atoms with van der Waals surface area (Å²) in [4.78, 5) is 37.1. The molecule has 0 radical (unpaired) electrons. The number of aromatic nitrogens is 3. The third kappa shape index (κ3) is 3.59. The third-order valence-electron chi connectivity index (χ3n) is 3.66. The van der Waals surface area contributed by atoms with E-state index in [-0.39, 0.29) is 17.9 Å². The van der Waals surface area contributed by atoms with Gasteiger partial charge in [-0.1, -0.05) is 0 Å². The predicted molar refractivity (Wildman–Crippen MR) is 100 cm³/mol. The van der Waals surface area contributed by atoms with Crippen molar-refractivity contribution in [2.75, 3.05) is 5.73 Å². The maximum Gasteiger partial charge on any atom is 0.259 e. The Bertz CT molecular complexity index is 1050. The number of hydrazone groups is 1. The van der Waals surface area contributed by atoms with Gasteiger partial charge in [0.2, 0.25) is 5.91 Å². The van der Waals surface area contributed by atoms with E-state index < -0.39 is 0 Å². The van der Waals surface area contributed by atoms with Crippen molar-refractivity contribution in [2.24, 2.45) is 5.10 Å². The first-order chi connectivity index (χ1) is 11.8. The second kappa shape index (κ2) is 6.73.